The number of carbonyl (C=O) groups excluding carboxylic acids is 1. The van der Waals surface area contributed by atoms with E-state index in [1.165, 1.54) is 16.7 Å². The minimum absolute atomic E-state index is 0.157. The highest BCUT2D eigenvalue weighted by Crippen LogP contribution is 2.47. The standard InChI is InChI=1S/C27H37NO4/c1-20-5-4-7-21(15-20)6-2-3-8-24-25-17-22(16-23(25)18-26(24)29)19-32-12-9-27(30)28-10-13-31-14-11-28/h3-5,7-8,15-16,23-26,29H,2,6,9-14,17-19H2,1H3/t23-,24+,25-,26+/m0/s1. The van der Waals surface area contributed by atoms with Gasteiger partial charge in [0.2, 0.25) is 5.91 Å². The molecular formula is C27H37NO4. The fourth-order valence-electron chi connectivity index (χ4n) is 5.42. The Balaban J connectivity index is 1.17. The Morgan fingerprint density at radius 2 is 2.16 bits per heavy atom. The largest absolute Gasteiger partial charge is 0.392 e. The number of morpholine rings is 1. The molecule has 1 heterocycles. The van der Waals surface area contributed by atoms with E-state index in [0.29, 0.717) is 57.8 Å². The van der Waals surface area contributed by atoms with Gasteiger partial charge in [0.1, 0.15) is 0 Å². The maximum absolute atomic E-state index is 12.2. The molecule has 1 saturated heterocycles. The molecule has 4 atom stereocenters. The molecule has 5 nitrogen and oxygen atoms in total. The predicted molar refractivity (Wildman–Crippen MR) is 125 cm³/mol. The summed E-state index contributed by atoms with van der Waals surface area (Å²) in [4.78, 5) is 14.1. The average molecular weight is 440 g/mol. The van der Waals surface area contributed by atoms with Gasteiger partial charge in [-0.2, -0.15) is 0 Å². The number of ether oxygens (including phenoxy) is 2. The van der Waals surface area contributed by atoms with E-state index in [2.05, 4.69) is 49.4 Å². The summed E-state index contributed by atoms with van der Waals surface area (Å²) < 4.78 is 11.1. The van der Waals surface area contributed by atoms with Crippen molar-refractivity contribution >= 4 is 5.91 Å². The van der Waals surface area contributed by atoms with E-state index in [1.807, 2.05) is 4.90 Å². The van der Waals surface area contributed by atoms with Crippen LogP contribution in [0.2, 0.25) is 0 Å². The minimum Gasteiger partial charge on any atom is -0.392 e. The van der Waals surface area contributed by atoms with Gasteiger partial charge in [-0.25, -0.2) is 0 Å². The fraction of sp³-hybridized carbons (Fsp3) is 0.593. The van der Waals surface area contributed by atoms with Gasteiger partial charge in [0.15, 0.2) is 0 Å². The minimum atomic E-state index is -0.245. The summed E-state index contributed by atoms with van der Waals surface area (Å²) >= 11 is 0. The van der Waals surface area contributed by atoms with E-state index in [9.17, 15) is 9.90 Å². The molecule has 0 unspecified atom stereocenters. The molecule has 4 rings (SSSR count). The Kier molecular flexibility index (Phi) is 8.17. The van der Waals surface area contributed by atoms with Crippen molar-refractivity contribution in [3.05, 3.63) is 59.2 Å². The summed E-state index contributed by atoms with van der Waals surface area (Å²) in [5.74, 6) is 1.32. The topological polar surface area (TPSA) is 59.0 Å². The molecule has 1 aliphatic heterocycles. The lowest BCUT2D eigenvalue weighted by atomic mass is 9.89. The first kappa shape index (κ1) is 23.2. The summed E-state index contributed by atoms with van der Waals surface area (Å²) in [6, 6.07) is 8.68. The van der Waals surface area contributed by atoms with Gasteiger partial charge >= 0.3 is 0 Å². The third-order valence-electron chi connectivity index (χ3n) is 7.10. The Hall–Kier alpha value is -1.95. The van der Waals surface area contributed by atoms with Crippen molar-refractivity contribution in [1.82, 2.24) is 4.90 Å². The molecule has 1 N–H and O–H groups in total. The first-order valence-corrected chi connectivity index (χ1v) is 12.1. The number of fused-ring (bicyclic) bond motifs is 1. The van der Waals surface area contributed by atoms with E-state index in [0.717, 1.165) is 25.7 Å². The van der Waals surface area contributed by atoms with Gasteiger partial charge in [0.25, 0.3) is 0 Å². The monoisotopic (exact) mass is 439 g/mol. The van der Waals surface area contributed by atoms with Crippen LogP contribution in [0.1, 0.15) is 36.8 Å². The summed E-state index contributed by atoms with van der Waals surface area (Å²) in [6.07, 6.45) is 10.9. The summed E-state index contributed by atoms with van der Waals surface area (Å²) in [7, 11) is 0. The number of hydrogen-bond donors (Lipinski definition) is 1. The second-order valence-electron chi connectivity index (χ2n) is 9.49. The molecule has 1 amide bonds. The normalized spacial score (nSPS) is 27.7. The molecule has 1 aromatic rings. The summed E-state index contributed by atoms with van der Waals surface area (Å²) in [6.45, 7) is 5.85. The molecule has 2 fully saturated rings. The van der Waals surface area contributed by atoms with Gasteiger partial charge in [-0.3, -0.25) is 4.79 Å². The molecule has 0 bridgehead atoms. The Labute approximate surface area is 192 Å². The van der Waals surface area contributed by atoms with Crippen molar-refractivity contribution in [3.8, 4) is 0 Å². The number of hydrogen-bond acceptors (Lipinski definition) is 4. The van der Waals surface area contributed by atoms with Gasteiger partial charge < -0.3 is 19.5 Å². The van der Waals surface area contributed by atoms with Crippen LogP contribution >= 0.6 is 0 Å². The lowest BCUT2D eigenvalue weighted by Crippen LogP contribution is -2.41. The van der Waals surface area contributed by atoms with Crippen molar-refractivity contribution in [2.75, 3.05) is 39.5 Å². The molecule has 5 heteroatoms. The number of allylic oxidation sites excluding steroid dienone is 2. The van der Waals surface area contributed by atoms with Crippen LogP contribution in [0.5, 0.6) is 0 Å². The number of aliphatic hydroxyl groups excluding tert-OH is 1. The zero-order valence-electron chi connectivity index (χ0n) is 19.2. The van der Waals surface area contributed by atoms with Crippen LogP contribution in [0.4, 0.5) is 0 Å². The number of aliphatic hydroxyl groups is 1. The third-order valence-corrected chi connectivity index (χ3v) is 7.10. The van der Waals surface area contributed by atoms with Gasteiger partial charge in [-0.05, 0) is 55.6 Å². The highest BCUT2D eigenvalue weighted by Gasteiger charge is 2.43. The summed E-state index contributed by atoms with van der Waals surface area (Å²) in [5.41, 5.74) is 4.00. The zero-order valence-corrected chi connectivity index (χ0v) is 19.2. The summed E-state index contributed by atoms with van der Waals surface area (Å²) in [5, 5.41) is 10.6. The van der Waals surface area contributed by atoms with Gasteiger partial charge in [-0.15, -0.1) is 0 Å². The third kappa shape index (κ3) is 6.09. The van der Waals surface area contributed by atoms with Crippen molar-refractivity contribution in [2.45, 2.75) is 45.1 Å². The highest BCUT2D eigenvalue weighted by molar-refractivity contribution is 5.76. The predicted octanol–water partition coefficient (Wildman–Crippen LogP) is 3.69. The zero-order chi connectivity index (χ0) is 22.3. The molecule has 3 aliphatic rings. The molecule has 1 aromatic carbocycles. The van der Waals surface area contributed by atoms with Crippen LogP contribution < -0.4 is 0 Å². The van der Waals surface area contributed by atoms with Crippen LogP contribution in [0.3, 0.4) is 0 Å². The quantitative estimate of drug-likeness (QED) is 0.471. The van der Waals surface area contributed by atoms with Crippen molar-refractivity contribution in [2.24, 2.45) is 17.8 Å². The second-order valence-corrected chi connectivity index (χ2v) is 9.49. The number of rotatable bonds is 9. The van der Waals surface area contributed by atoms with Crippen molar-refractivity contribution < 1.29 is 19.4 Å². The van der Waals surface area contributed by atoms with Crippen LogP contribution in [-0.2, 0) is 20.7 Å². The molecule has 1 saturated carbocycles. The van der Waals surface area contributed by atoms with E-state index in [1.54, 1.807) is 0 Å². The van der Waals surface area contributed by atoms with Crippen LogP contribution in [-0.4, -0.2) is 61.5 Å². The average Bonchev–Trinajstić information content (AvgIpc) is 3.31. The molecular weight excluding hydrogens is 402 g/mol. The molecule has 174 valence electrons. The van der Waals surface area contributed by atoms with Gasteiger partial charge in [0.05, 0.1) is 39.0 Å². The lowest BCUT2D eigenvalue weighted by molar-refractivity contribution is -0.136. The SMILES string of the molecule is Cc1cccc(CCC=C[C@@H]2[C@H]3CC(COCCC(=O)N4CCOCC4)=C[C@H]3C[C@H]2O)c1. The molecule has 32 heavy (non-hydrogen) atoms. The molecule has 0 radical (unpaired) electrons. The van der Waals surface area contributed by atoms with Crippen LogP contribution in [0.15, 0.2) is 48.1 Å². The van der Waals surface area contributed by atoms with Gasteiger partial charge in [0, 0.05) is 19.0 Å². The maximum atomic E-state index is 12.2. The van der Waals surface area contributed by atoms with E-state index in [4.69, 9.17) is 9.47 Å². The Morgan fingerprint density at radius 1 is 1.31 bits per heavy atom. The molecule has 0 aromatic heterocycles. The molecule has 2 aliphatic carbocycles. The number of aryl methyl sites for hydroxylation is 2. The first-order chi connectivity index (χ1) is 15.6. The van der Waals surface area contributed by atoms with Crippen LogP contribution in [0.25, 0.3) is 0 Å². The molecule has 0 spiro atoms. The number of benzene rings is 1. The first-order valence-electron chi connectivity index (χ1n) is 12.1. The van der Waals surface area contributed by atoms with E-state index >= 15 is 0 Å². The fourth-order valence-corrected chi connectivity index (χ4v) is 5.42. The van der Waals surface area contributed by atoms with Crippen molar-refractivity contribution in [1.29, 1.82) is 0 Å². The smallest absolute Gasteiger partial charge is 0.225 e. The Bertz CT molecular complexity index is 827. The lowest BCUT2D eigenvalue weighted by Gasteiger charge is -2.26. The van der Waals surface area contributed by atoms with E-state index < -0.39 is 0 Å². The second kappa shape index (κ2) is 11.3. The van der Waals surface area contributed by atoms with Gasteiger partial charge in [-0.1, -0.05) is 48.1 Å². The highest BCUT2D eigenvalue weighted by atomic mass is 16.5. The van der Waals surface area contributed by atoms with E-state index in [-0.39, 0.29) is 17.9 Å². The number of amides is 1. The maximum Gasteiger partial charge on any atom is 0.225 e. The van der Waals surface area contributed by atoms with Crippen molar-refractivity contribution in [3.63, 3.8) is 0 Å². The number of carbonyl (C=O) groups is 1. The number of nitrogens with zero attached hydrogens (tertiary/aromatic N) is 1. The van der Waals surface area contributed by atoms with Crippen LogP contribution in [0, 0.1) is 24.7 Å². The Morgan fingerprint density at radius 3 is 2.97 bits per heavy atom.